The number of ether oxygens (including phenoxy) is 2. The third-order valence-corrected chi connectivity index (χ3v) is 9.56. The number of methoxy groups -OCH3 is 1. The Morgan fingerprint density at radius 2 is 2.00 bits per heavy atom. The third-order valence-electron chi connectivity index (χ3n) is 9.32. The van der Waals surface area contributed by atoms with Gasteiger partial charge in [-0.15, -0.1) is 13.2 Å². The minimum Gasteiger partial charge on any atom is -0.487 e. The summed E-state index contributed by atoms with van der Waals surface area (Å²) < 4.78 is 11.5. The van der Waals surface area contributed by atoms with Gasteiger partial charge in [-0.05, 0) is 97.7 Å². The van der Waals surface area contributed by atoms with E-state index in [1.807, 2.05) is 18.2 Å². The number of anilines is 1. The van der Waals surface area contributed by atoms with Gasteiger partial charge in [0, 0.05) is 31.7 Å². The Hall–Kier alpha value is -3.33. The van der Waals surface area contributed by atoms with Gasteiger partial charge in [0.1, 0.15) is 12.4 Å². The Balaban J connectivity index is 1.72. The van der Waals surface area contributed by atoms with Crippen molar-refractivity contribution < 1.29 is 29.3 Å². The van der Waals surface area contributed by atoms with E-state index in [1.165, 1.54) is 12.0 Å². The summed E-state index contributed by atoms with van der Waals surface area (Å²) in [4.78, 5) is 30.2. The first kappa shape index (κ1) is 34.5. The summed E-state index contributed by atoms with van der Waals surface area (Å²) in [5, 5.41) is 23.1. The molecule has 1 aliphatic heterocycles. The number of benzene rings is 2. The third kappa shape index (κ3) is 8.29. The second-order valence-corrected chi connectivity index (χ2v) is 12.7. The maximum absolute atomic E-state index is 13.2. The monoisotopic (exact) mass is 638 g/mol. The number of rotatable bonds is 12. The molecule has 1 amide bonds. The van der Waals surface area contributed by atoms with Crippen LogP contribution in [0.1, 0.15) is 61.6 Å². The van der Waals surface area contributed by atoms with Crippen LogP contribution in [0.15, 0.2) is 61.7 Å². The zero-order valence-corrected chi connectivity index (χ0v) is 27.3. The van der Waals surface area contributed by atoms with Gasteiger partial charge in [0.25, 0.3) is 0 Å². The lowest BCUT2D eigenvalue weighted by atomic mass is 9.70. The molecule has 244 valence electrons. The molecule has 2 N–H and O–H groups in total. The number of unbranched alkanes of at least 4 members (excludes halogenated alkanes) is 1. The van der Waals surface area contributed by atoms with Gasteiger partial charge < -0.3 is 29.5 Å². The predicted molar refractivity (Wildman–Crippen MR) is 177 cm³/mol. The van der Waals surface area contributed by atoms with E-state index in [-0.39, 0.29) is 23.3 Å². The molecule has 0 bridgehead atoms. The summed E-state index contributed by atoms with van der Waals surface area (Å²) in [7, 11) is 2.86. The molecule has 0 saturated heterocycles. The van der Waals surface area contributed by atoms with Crippen molar-refractivity contribution in [3.63, 3.8) is 0 Å². The highest BCUT2D eigenvalue weighted by Gasteiger charge is 2.43. The van der Waals surface area contributed by atoms with Crippen molar-refractivity contribution in [2.75, 3.05) is 38.7 Å². The van der Waals surface area contributed by atoms with Crippen molar-refractivity contribution in [1.29, 1.82) is 0 Å². The molecule has 1 saturated carbocycles. The van der Waals surface area contributed by atoms with Gasteiger partial charge >= 0.3 is 5.97 Å². The molecule has 1 aliphatic carbocycles. The summed E-state index contributed by atoms with van der Waals surface area (Å²) in [5.74, 6) is -0.329. The van der Waals surface area contributed by atoms with Gasteiger partial charge in [-0.1, -0.05) is 35.9 Å². The highest BCUT2D eigenvalue weighted by molar-refractivity contribution is 6.30. The molecule has 8 nitrogen and oxygen atoms in total. The Labute approximate surface area is 272 Å². The highest BCUT2D eigenvalue weighted by atomic mass is 35.5. The summed E-state index contributed by atoms with van der Waals surface area (Å²) in [6.45, 7) is 9.67. The van der Waals surface area contributed by atoms with Crippen LogP contribution in [0.2, 0.25) is 5.02 Å². The average molecular weight is 639 g/mol. The van der Waals surface area contributed by atoms with Crippen molar-refractivity contribution in [2.24, 2.45) is 11.8 Å². The molecule has 2 aromatic rings. The molecule has 1 unspecified atom stereocenters. The quantitative estimate of drug-likeness (QED) is 0.172. The molecular formula is C36H47ClN2O6. The molecular weight excluding hydrogens is 592 g/mol. The van der Waals surface area contributed by atoms with Crippen LogP contribution in [0.4, 0.5) is 5.69 Å². The maximum atomic E-state index is 13.2. The van der Waals surface area contributed by atoms with Crippen LogP contribution in [0, 0.1) is 11.8 Å². The topological polar surface area (TPSA) is 99.5 Å². The highest BCUT2D eigenvalue weighted by Crippen LogP contribution is 2.42. The van der Waals surface area contributed by atoms with E-state index in [0.717, 1.165) is 61.8 Å². The second-order valence-electron chi connectivity index (χ2n) is 12.3. The standard InChI is InChI=1S/C36H47ClN2O6/c1-5-7-9-18-38(3)34(41)22-36(43,35(42)44-4)28-14-17-33-31(21-28)39(23-26-13-16-30(26)32(40)6-2)19-10-8-11-25-20-29(37)15-12-27(25)24-45-33/h5-6,12,14-15,17,20-21,26,30,32,40,43H,1-2,7-11,13,16,18-19,22-24H2,3-4H3/t26-,30+,32-,36?/m0/s1. The largest absolute Gasteiger partial charge is 0.487 e. The summed E-state index contributed by atoms with van der Waals surface area (Å²) in [6.07, 6.45) is 8.41. The lowest BCUT2D eigenvalue weighted by Gasteiger charge is -2.42. The molecule has 1 fully saturated rings. The summed E-state index contributed by atoms with van der Waals surface area (Å²) in [6, 6.07) is 11.0. The number of hydrogen-bond donors (Lipinski definition) is 2. The van der Waals surface area contributed by atoms with Crippen molar-refractivity contribution in [3.8, 4) is 5.75 Å². The molecule has 1 heterocycles. The summed E-state index contributed by atoms with van der Waals surface area (Å²) >= 11 is 6.33. The number of esters is 1. The van der Waals surface area contributed by atoms with E-state index in [1.54, 1.807) is 37.4 Å². The number of allylic oxidation sites excluding steroid dienone is 1. The number of carbonyl (C=O) groups is 2. The van der Waals surface area contributed by atoms with E-state index in [9.17, 15) is 19.8 Å². The van der Waals surface area contributed by atoms with Crippen molar-refractivity contribution in [3.05, 3.63) is 83.4 Å². The first-order valence-electron chi connectivity index (χ1n) is 15.9. The van der Waals surface area contributed by atoms with Crippen LogP contribution in [0.5, 0.6) is 5.75 Å². The lowest BCUT2D eigenvalue weighted by molar-refractivity contribution is -0.168. The van der Waals surface area contributed by atoms with E-state index in [2.05, 4.69) is 18.1 Å². The number of hydrogen-bond acceptors (Lipinski definition) is 7. The van der Waals surface area contributed by atoms with Gasteiger partial charge in [0.2, 0.25) is 5.91 Å². The Morgan fingerprint density at radius 1 is 1.20 bits per heavy atom. The first-order chi connectivity index (χ1) is 21.6. The smallest absolute Gasteiger partial charge is 0.343 e. The number of aliphatic hydroxyl groups excluding tert-OH is 1. The number of aliphatic hydroxyl groups is 2. The van der Waals surface area contributed by atoms with E-state index >= 15 is 0 Å². The SMILES string of the molecule is C=CCCCN(C)C(=O)CC(O)(C(=O)OC)c1ccc2c(c1)N(C[C@@H]1CC[C@H]1[C@@H](O)C=C)CCCCc1cc(Cl)ccc1CO2. The number of amides is 1. The number of fused-ring (bicyclic) bond motifs is 2. The number of carbonyl (C=O) groups excluding carboxylic acids is 2. The first-order valence-corrected chi connectivity index (χ1v) is 16.2. The molecule has 0 aromatic heterocycles. The average Bonchev–Trinajstić information content (AvgIpc) is 3.05. The van der Waals surface area contributed by atoms with Crippen LogP contribution in [0.3, 0.4) is 0 Å². The Kier molecular flexibility index (Phi) is 12.1. The molecule has 2 aromatic carbocycles. The van der Waals surface area contributed by atoms with Gasteiger partial charge in [-0.25, -0.2) is 4.79 Å². The van der Waals surface area contributed by atoms with Crippen LogP contribution in [0.25, 0.3) is 0 Å². The van der Waals surface area contributed by atoms with Crippen LogP contribution >= 0.6 is 11.6 Å². The minimum absolute atomic E-state index is 0.112. The fraction of sp³-hybridized carbons (Fsp3) is 0.500. The molecule has 2 aliphatic rings. The molecule has 45 heavy (non-hydrogen) atoms. The van der Waals surface area contributed by atoms with Crippen molar-refractivity contribution >= 4 is 29.2 Å². The number of nitrogens with zero attached hydrogens (tertiary/aromatic N) is 2. The van der Waals surface area contributed by atoms with E-state index in [0.29, 0.717) is 37.0 Å². The number of halogens is 1. The van der Waals surface area contributed by atoms with E-state index < -0.39 is 24.1 Å². The zero-order chi connectivity index (χ0) is 32.6. The Morgan fingerprint density at radius 3 is 2.69 bits per heavy atom. The van der Waals surface area contributed by atoms with Crippen LogP contribution in [-0.2, 0) is 33.0 Å². The van der Waals surface area contributed by atoms with Gasteiger partial charge in [0.05, 0.1) is 25.3 Å². The molecule has 9 heteroatoms. The van der Waals surface area contributed by atoms with Gasteiger partial charge in [0.15, 0.2) is 5.60 Å². The molecule has 4 rings (SSSR count). The van der Waals surface area contributed by atoms with Crippen molar-refractivity contribution in [1.82, 2.24) is 4.90 Å². The van der Waals surface area contributed by atoms with Crippen LogP contribution in [-0.4, -0.2) is 66.9 Å². The van der Waals surface area contributed by atoms with Crippen LogP contribution < -0.4 is 9.64 Å². The molecule has 4 atom stereocenters. The zero-order valence-electron chi connectivity index (χ0n) is 26.6. The summed E-state index contributed by atoms with van der Waals surface area (Å²) in [5.41, 5.74) is 0.975. The second kappa shape index (κ2) is 15.8. The fourth-order valence-electron chi connectivity index (χ4n) is 6.34. The maximum Gasteiger partial charge on any atom is 0.343 e. The molecule has 0 spiro atoms. The van der Waals surface area contributed by atoms with Gasteiger partial charge in [-0.3, -0.25) is 4.79 Å². The fourth-order valence-corrected chi connectivity index (χ4v) is 6.53. The van der Waals surface area contributed by atoms with Gasteiger partial charge in [-0.2, -0.15) is 0 Å². The number of aryl methyl sites for hydroxylation is 1. The van der Waals surface area contributed by atoms with E-state index in [4.69, 9.17) is 21.1 Å². The lowest BCUT2D eigenvalue weighted by Crippen LogP contribution is -2.44. The minimum atomic E-state index is -2.20. The van der Waals surface area contributed by atoms with Crippen molar-refractivity contribution in [2.45, 2.75) is 69.7 Å². The Bertz CT molecular complexity index is 1370. The predicted octanol–water partition coefficient (Wildman–Crippen LogP) is 5.81. The normalized spacial score (nSPS) is 20.1. The molecule has 0 radical (unpaired) electrons.